The summed E-state index contributed by atoms with van der Waals surface area (Å²) in [5.41, 5.74) is 0.587. The Morgan fingerprint density at radius 3 is 2.80 bits per heavy atom. The summed E-state index contributed by atoms with van der Waals surface area (Å²) < 4.78 is 1.56. The summed E-state index contributed by atoms with van der Waals surface area (Å²) in [6.07, 6.45) is 6.64. The number of H-pyrrole nitrogens is 1. The highest BCUT2D eigenvalue weighted by Crippen LogP contribution is 2.40. The number of nitrogens with one attached hydrogen (secondary N) is 2. The van der Waals surface area contributed by atoms with Gasteiger partial charge < -0.3 is 10.4 Å². The maximum atomic E-state index is 12.8. The Hall–Kier alpha value is -2.15. The molecule has 0 aromatic carbocycles. The van der Waals surface area contributed by atoms with Crippen LogP contribution in [0.1, 0.15) is 66.9 Å². The van der Waals surface area contributed by atoms with Crippen molar-refractivity contribution in [3.05, 3.63) is 27.7 Å². The van der Waals surface area contributed by atoms with E-state index >= 15 is 0 Å². The van der Waals surface area contributed by atoms with Crippen LogP contribution >= 0.6 is 0 Å². The van der Waals surface area contributed by atoms with Crippen molar-refractivity contribution in [2.75, 3.05) is 6.54 Å². The lowest BCUT2D eigenvalue weighted by atomic mass is 9.85. The highest BCUT2D eigenvalue weighted by molar-refractivity contribution is 6.05. The van der Waals surface area contributed by atoms with Gasteiger partial charge in [0, 0.05) is 25.2 Å². The second-order valence-corrected chi connectivity index (χ2v) is 7.54. The number of aliphatic hydroxyl groups is 1. The molecule has 7 heteroatoms. The zero-order chi connectivity index (χ0) is 17.6. The summed E-state index contributed by atoms with van der Waals surface area (Å²) in [5, 5.41) is 16.4. The van der Waals surface area contributed by atoms with Crippen LogP contribution in [0.5, 0.6) is 0 Å². The van der Waals surface area contributed by atoms with Crippen molar-refractivity contribution in [2.45, 2.75) is 56.5 Å². The van der Waals surface area contributed by atoms with Crippen LogP contribution in [-0.2, 0) is 7.05 Å². The molecule has 3 N–H and O–H groups in total. The average molecular weight is 344 g/mol. The van der Waals surface area contributed by atoms with Crippen LogP contribution in [0.4, 0.5) is 0 Å². The fourth-order valence-electron chi connectivity index (χ4n) is 3.77. The van der Waals surface area contributed by atoms with Crippen molar-refractivity contribution in [2.24, 2.45) is 7.05 Å². The Bertz CT molecular complexity index is 872. The predicted octanol–water partition coefficient (Wildman–Crippen LogP) is 1.56. The van der Waals surface area contributed by atoms with E-state index in [2.05, 4.69) is 15.4 Å². The fourth-order valence-corrected chi connectivity index (χ4v) is 3.77. The molecule has 0 saturated heterocycles. The van der Waals surface area contributed by atoms with E-state index in [-0.39, 0.29) is 18.0 Å². The van der Waals surface area contributed by atoms with Crippen molar-refractivity contribution in [1.29, 1.82) is 0 Å². The van der Waals surface area contributed by atoms with E-state index in [0.717, 1.165) is 37.8 Å². The van der Waals surface area contributed by atoms with Crippen molar-refractivity contribution in [3.8, 4) is 0 Å². The largest absolute Gasteiger partial charge is 0.388 e. The van der Waals surface area contributed by atoms with Gasteiger partial charge in [-0.05, 0) is 31.7 Å². The number of nitrogens with zero attached hydrogens (tertiary/aromatic N) is 2. The molecule has 1 amide bonds. The van der Waals surface area contributed by atoms with Crippen molar-refractivity contribution >= 4 is 16.9 Å². The number of aryl methyl sites for hydroxylation is 1. The molecule has 0 atom stereocenters. The number of amides is 1. The minimum atomic E-state index is -0.831. The molecule has 134 valence electrons. The normalized spacial score (nSPS) is 19.9. The molecule has 2 aromatic rings. The summed E-state index contributed by atoms with van der Waals surface area (Å²) in [4.78, 5) is 29.6. The van der Waals surface area contributed by atoms with E-state index in [9.17, 15) is 14.7 Å². The Morgan fingerprint density at radius 2 is 2.12 bits per heavy atom. The number of aromatic nitrogens is 3. The SMILES string of the molecule is Cn1[nH]c(=O)c2c(C(=O)NCC3(O)CCCCC3)cc(C3CC3)nc21. The quantitative estimate of drug-likeness (QED) is 0.784. The van der Waals surface area contributed by atoms with Crippen LogP contribution in [-0.4, -0.2) is 37.9 Å². The Kier molecular flexibility index (Phi) is 3.91. The highest BCUT2D eigenvalue weighted by Gasteiger charge is 2.31. The summed E-state index contributed by atoms with van der Waals surface area (Å²) in [6, 6.07) is 1.75. The van der Waals surface area contributed by atoms with Crippen LogP contribution in [0.2, 0.25) is 0 Å². The first-order valence-electron chi connectivity index (χ1n) is 9.07. The first-order valence-corrected chi connectivity index (χ1v) is 9.07. The standard InChI is InChI=1S/C18H24N4O3/c1-22-15-14(17(24)21-22)12(9-13(20-15)11-5-6-11)16(23)19-10-18(25)7-3-2-4-8-18/h9,11,25H,2-8,10H2,1H3,(H,19,23)(H,21,24). The third kappa shape index (κ3) is 3.08. The Morgan fingerprint density at radius 1 is 1.40 bits per heavy atom. The maximum absolute atomic E-state index is 12.8. The molecule has 2 heterocycles. The van der Waals surface area contributed by atoms with Crippen LogP contribution in [0.15, 0.2) is 10.9 Å². The molecule has 7 nitrogen and oxygen atoms in total. The second kappa shape index (κ2) is 5.98. The zero-order valence-electron chi connectivity index (χ0n) is 14.5. The van der Waals surface area contributed by atoms with Gasteiger partial charge in [-0.2, -0.15) is 0 Å². The maximum Gasteiger partial charge on any atom is 0.274 e. The van der Waals surface area contributed by atoms with Gasteiger partial charge in [-0.25, -0.2) is 4.98 Å². The molecular weight excluding hydrogens is 320 g/mol. The van der Waals surface area contributed by atoms with Crippen LogP contribution in [0.3, 0.4) is 0 Å². The molecule has 0 bridgehead atoms. The Labute approximate surface area is 145 Å². The van der Waals surface area contributed by atoms with E-state index in [4.69, 9.17) is 0 Å². The van der Waals surface area contributed by atoms with E-state index in [1.165, 1.54) is 0 Å². The lowest BCUT2D eigenvalue weighted by Gasteiger charge is -2.32. The Balaban J connectivity index is 1.65. The minimum absolute atomic E-state index is 0.221. The molecule has 4 rings (SSSR count). The van der Waals surface area contributed by atoms with Gasteiger partial charge in [-0.15, -0.1) is 0 Å². The fraction of sp³-hybridized carbons (Fsp3) is 0.611. The molecule has 0 aliphatic heterocycles. The van der Waals surface area contributed by atoms with Gasteiger partial charge in [-0.3, -0.25) is 19.4 Å². The number of carbonyl (C=O) groups is 1. The summed E-state index contributed by atoms with van der Waals surface area (Å²) in [7, 11) is 1.72. The van der Waals surface area contributed by atoms with Crippen LogP contribution in [0, 0.1) is 0 Å². The van der Waals surface area contributed by atoms with Gasteiger partial charge in [0.15, 0.2) is 5.65 Å². The van der Waals surface area contributed by atoms with Gasteiger partial charge >= 0.3 is 0 Å². The van der Waals surface area contributed by atoms with Gasteiger partial charge in [0.25, 0.3) is 11.5 Å². The van der Waals surface area contributed by atoms with E-state index in [1.807, 2.05) is 0 Å². The molecular formula is C18H24N4O3. The topological polar surface area (TPSA) is 100 Å². The van der Waals surface area contributed by atoms with E-state index < -0.39 is 5.60 Å². The number of hydrogen-bond donors (Lipinski definition) is 3. The van der Waals surface area contributed by atoms with Gasteiger partial charge in [0.1, 0.15) is 0 Å². The number of rotatable bonds is 4. The highest BCUT2D eigenvalue weighted by atomic mass is 16.3. The first-order chi connectivity index (χ1) is 12.0. The van der Waals surface area contributed by atoms with Gasteiger partial charge in [0.2, 0.25) is 0 Å². The number of aromatic amines is 1. The van der Waals surface area contributed by atoms with Crippen molar-refractivity contribution < 1.29 is 9.90 Å². The lowest BCUT2D eigenvalue weighted by Crippen LogP contribution is -2.44. The number of pyridine rings is 1. The molecule has 2 fully saturated rings. The molecule has 0 radical (unpaired) electrons. The van der Waals surface area contributed by atoms with Crippen molar-refractivity contribution in [3.63, 3.8) is 0 Å². The van der Waals surface area contributed by atoms with Crippen LogP contribution < -0.4 is 10.9 Å². The molecule has 25 heavy (non-hydrogen) atoms. The molecule has 2 saturated carbocycles. The first kappa shape index (κ1) is 16.3. The molecule has 0 spiro atoms. The predicted molar refractivity (Wildman–Crippen MR) is 93.7 cm³/mol. The average Bonchev–Trinajstić information content (AvgIpc) is 3.40. The number of hydrogen-bond acceptors (Lipinski definition) is 4. The van der Waals surface area contributed by atoms with Crippen LogP contribution in [0.25, 0.3) is 11.0 Å². The van der Waals surface area contributed by atoms with Crippen molar-refractivity contribution in [1.82, 2.24) is 20.1 Å². The third-order valence-electron chi connectivity index (χ3n) is 5.44. The second-order valence-electron chi connectivity index (χ2n) is 7.54. The number of fused-ring (bicyclic) bond motifs is 1. The summed E-state index contributed by atoms with van der Waals surface area (Å²) in [6.45, 7) is 0.221. The van der Waals surface area contributed by atoms with E-state index in [0.29, 0.717) is 35.4 Å². The summed E-state index contributed by atoms with van der Waals surface area (Å²) in [5.74, 6) is 0.0634. The molecule has 2 aliphatic rings. The molecule has 0 unspecified atom stereocenters. The minimum Gasteiger partial charge on any atom is -0.388 e. The molecule has 2 aliphatic carbocycles. The van der Waals surface area contributed by atoms with E-state index in [1.54, 1.807) is 17.8 Å². The third-order valence-corrected chi connectivity index (χ3v) is 5.44. The summed E-state index contributed by atoms with van der Waals surface area (Å²) >= 11 is 0. The van der Waals surface area contributed by atoms with Gasteiger partial charge in [0.05, 0.1) is 16.6 Å². The monoisotopic (exact) mass is 344 g/mol. The number of carbonyl (C=O) groups excluding carboxylic acids is 1. The zero-order valence-corrected chi connectivity index (χ0v) is 14.5. The molecule has 2 aromatic heterocycles. The lowest BCUT2D eigenvalue weighted by molar-refractivity contribution is 0.00527. The smallest absolute Gasteiger partial charge is 0.274 e. The van der Waals surface area contributed by atoms with Gasteiger partial charge in [-0.1, -0.05) is 19.3 Å².